The van der Waals surface area contributed by atoms with Crippen molar-refractivity contribution in [2.45, 2.75) is 264 Å². The predicted octanol–water partition coefficient (Wildman–Crippen LogP) is 14.5. The van der Waals surface area contributed by atoms with E-state index in [0.29, 0.717) is 19.3 Å². The molecule has 1 atom stereocenters. The molecule has 6 heteroatoms. The number of unbranched alkanes of at least 4 members (excludes halogenated alkanes) is 31. The van der Waals surface area contributed by atoms with E-state index in [1.807, 2.05) is 0 Å². The third-order valence-corrected chi connectivity index (χ3v) is 10.4. The van der Waals surface area contributed by atoms with Crippen LogP contribution >= 0.6 is 0 Å². The highest BCUT2D eigenvalue weighted by atomic mass is 16.6. The number of hydrogen-bond acceptors (Lipinski definition) is 6. The predicted molar refractivity (Wildman–Crippen MR) is 220 cm³/mol. The second-order valence-electron chi connectivity index (χ2n) is 15.7. The van der Waals surface area contributed by atoms with Gasteiger partial charge in [-0.05, 0) is 19.3 Å². The van der Waals surface area contributed by atoms with Crippen molar-refractivity contribution in [1.29, 1.82) is 0 Å². The molecule has 0 rings (SSSR count). The maximum absolute atomic E-state index is 12.6. The average Bonchev–Trinajstić information content (AvgIpc) is 3.14. The average molecular weight is 737 g/mol. The zero-order valence-electron chi connectivity index (χ0n) is 35.1. The van der Waals surface area contributed by atoms with Crippen LogP contribution in [-0.2, 0) is 28.6 Å². The van der Waals surface area contributed by atoms with Gasteiger partial charge in [-0.3, -0.25) is 14.4 Å². The highest BCUT2D eigenvalue weighted by molar-refractivity contribution is 5.71. The van der Waals surface area contributed by atoms with Crippen LogP contribution in [0.1, 0.15) is 258 Å². The fourth-order valence-electron chi connectivity index (χ4n) is 6.85. The van der Waals surface area contributed by atoms with E-state index in [1.54, 1.807) is 0 Å². The first-order valence-corrected chi connectivity index (χ1v) is 23.0. The van der Waals surface area contributed by atoms with Crippen molar-refractivity contribution in [3.8, 4) is 0 Å². The molecule has 0 saturated heterocycles. The summed E-state index contributed by atoms with van der Waals surface area (Å²) < 4.78 is 16.6. The second-order valence-corrected chi connectivity index (χ2v) is 15.7. The lowest BCUT2D eigenvalue weighted by molar-refractivity contribution is -0.167. The maximum atomic E-state index is 12.6. The summed E-state index contributed by atoms with van der Waals surface area (Å²) in [6.07, 6.45) is 42.5. The molecular formula is C46H88O6. The lowest BCUT2D eigenvalue weighted by atomic mass is 10.0. The van der Waals surface area contributed by atoms with Crippen molar-refractivity contribution in [2.24, 2.45) is 0 Å². The van der Waals surface area contributed by atoms with Gasteiger partial charge in [0.05, 0.1) is 0 Å². The Hall–Kier alpha value is -1.59. The Morgan fingerprint density at radius 1 is 0.308 bits per heavy atom. The molecule has 308 valence electrons. The molecule has 0 spiro atoms. The van der Waals surface area contributed by atoms with Gasteiger partial charge in [0, 0.05) is 19.3 Å². The van der Waals surface area contributed by atoms with Crippen LogP contribution in [-0.4, -0.2) is 37.2 Å². The minimum Gasteiger partial charge on any atom is -0.462 e. The van der Waals surface area contributed by atoms with E-state index in [-0.39, 0.29) is 31.1 Å². The molecule has 0 saturated carbocycles. The summed E-state index contributed by atoms with van der Waals surface area (Å²) in [7, 11) is 0. The molecule has 0 bridgehead atoms. The fourth-order valence-corrected chi connectivity index (χ4v) is 6.85. The van der Waals surface area contributed by atoms with Gasteiger partial charge in [-0.1, -0.05) is 220 Å². The van der Waals surface area contributed by atoms with Gasteiger partial charge in [0.25, 0.3) is 0 Å². The molecule has 0 aromatic heterocycles. The summed E-state index contributed by atoms with van der Waals surface area (Å²) in [5, 5.41) is 0. The van der Waals surface area contributed by atoms with Crippen molar-refractivity contribution in [3.63, 3.8) is 0 Å². The van der Waals surface area contributed by atoms with Gasteiger partial charge in [-0.15, -0.1) is 0 Å². The van der Waals surface area contributed by atoms with Crippen molar-refractivity contribution in [1.82, 2.24) is 0 Å². The maximum Gasteiger partial charge on any atom is 0.306 e. The van der Waals surface area contributed by atoms with Crippen LogP contribution in [0.5, 0.6) is 0 Å². The quantitative estimate of drug-likeness (QED) is 0.0353. The third kappa shape index (κ3) is 39.6. The number of hydrogen-bond donors (Lipinski definition) is 0. The molecular weight excluding hydrogens is 649 g/mol. The number of rotatable bonds is 42. The van der Waals surface area contributed by atoms with Crippen LogP contribution in [0, 0.1) is 0 Å². The largest absolute Gasteiger partial charge is 0.462 e. The van der Waals surface area contributed by atoms with Crippen LogP contribution in [0.4, 0.5) is 0 Å². The Kier molecular flexibility index (Phi) is 40.9. The van der Waals surface area contributed by atoms with E-state index in [0.717, 1.165) is 57.8 Å². The van der Waals surface area contributed by atoms with Gasteiger partial charge < -0.3 is 14.2 Å². The first-order valence-electron chi connectivity index (χ1n) is 23.0. The summed E-state index contributed by atoms with van der Waals surface area (Å²) in [5.41, 5.74) is 0. The van der Waals surface area contributed by atoms with Crippen LogP contribution in [0.2, 0.25) is 0 Å². The number of carbonyl (C=O) groups excluding carboxylic acids is 3. The molecule has 0 amide bonds. The van der Waals surface area contributed by atoms with Crippen molar-refractivity contribution in [3.05, 3.63) is 0 Å². The molecule has 0 heterocycles. The summed E-state index contributed by atoms with van der Waals surface area (Å²) in [4.78, 5) is 37.5. The molecule has 0 N–H and O–H groups in total. The van der Waals surface area contributed by atoms with E-state index in [9.17, 15) is 14.4 Å². The zero-order valence-corrected chi connectivity index (χ0v) is 35.1. The molecule has 0 aromatic carbocycles. The highest BCUT2D eigenvalue weighted by Crippen LogP contribution is 2.16. The van der Waals surface area contributed by atoms with Crippen molar-refractivity contribution in [2.75, 3.05) is 13.2 Å². The van der Waals surface area contributed by atoms with Crippen LogP contribution in [0.25, 0.3) is 0 Å². The summed E-state index contributed by atoms with van der Waals surface area (Å²) in [6, 6.07) is 0. The van der Waals surface area contributed by atoms with Gasteiger partial charge in [0.1, 0.15) is 13.2 Å². The Balaban J connectivity index is 4.14. The molecule has 0 fully saturated rings. The minimum atomic E-state index is -0.756. The lowest BCUT2D eigenvalue weighted by Gasteiger charge is -2.18. The monoisotopic (exact) mass is 737 g/mol. The van der Waals surface area contributed by atoms with Gasteiger partial charge in [0.2, 0.25) is 0 Å². The SMILES string of the molecule is CCCCCCCCCCCCCCCCCCCCC(=O)OC[C@H](COC(=O)CCCCCCCCCCC)OC(=O)CCCCCCCCC. The smallest absolute Gasteiger partial charge is 0.306 e. The lowest BCUT2D eigenvalue weighted by Crippen LogP contribution is -2.30. The summed E-state index contributed by atoms with van der Waals surface area (Å²) in [5.74, 6) is -0.861. The topological polar surface area (TPSA) is 78.9 Å². The van der Waals surface area contributed by atoms with E-state index in [2.05, 4.69) is 20.8 Å². The Morgan fingerprint density at radius 2 is 0.519 bits per heavy atom. The fraction of sp³-hybridized carbons (Fsp3) is 0.935. The standard InChI is InChI=1S/C46H88O6/c1-4-7-10-13-16-18-19-20-21-22-23-24-25-26-28-31-33-36-39-45(48)51-42-43(52-46(49)40-37-34-29-15-12-9-6-3)41-50-44(47)38-35-32-30-27-17-14-11-8-5-2/h43H,4-42H2,1-3H3/t43-/m0/s1. The van der Waals surface area contributed by atoms with Gasteiger partial charge in [0.15, 0.2) is 6.10 Å². The Labute approximate surface area is 323 Å². The minimum absolute atomic E-state index is 0.0635. The molecule has 0 radical (unpaired) electrons. The van der Waals surface area contributed by atoms with E-state index >= 15 is 0 Å². The Morgan fingerprint density at radius 3 is 0.769 bits per heavy atom. The van der Waals surface area contributed by atoms with Crippen molar-refractivity contribution >= 4 is 17.9 Å². The van der Waals surface area contributed by atoms with E-state index in [1.165, 1.54) is 161 Å². The molecule has 0 unspecified atom stereocenters. The van der Waals surface area contributed by atoms with Gasteiger partial charge >= 0.3 is 17.9 Å². The molecule has 0 aliphatic carbocycles. The third-order valence-electron chi connectivity index (χ3n) is 10.4. The van der Waals surface area contributed by atoms with E-state index in [4.69, 9.17) is 14.2 Å². The first kappa shape index (κ1) is 50.4. The van der Waals surface area contributed by atoms with Crippen molar-refractivity contribution < 1.29 is 28.6 Å². The first-order chi connectivity index (χ1) is 25.5. The zero-order chi connectivity index (χ0) is 38.0. The summed E-state index contributed by atoms with van der Waals surface area (Å²) >= 11 is 0. The van der Waals surface area contributed by atoms with Gasteiger partial charge in [-0.25, -0.2) is 0 Å². The van der Waals surface area contributed by atoms with E-state index < -0.39 is 6.10 Å². The number of ether oxygens (including phenoxy) is 3. The van der Waals surface area contributed by atoms with Gasteiger partial charge in [-0.2, -0.15) is 0 Å². The highest BCUT2D eigenvalue weighted by Gasteiger charge is 2.19. The number of esters is 3. The molecule has 6 nitrogen and oxygen atoms in total. The normalized spacial score (nSPS) is 11.8. The molecule has 0 aromatic rings. The molecule has 0 aliphatic heterocycles. The number of carbonyl (C=O) groups is 3. The Bertz CT molecular complexity index is 768. The van der Waals surface area contributed by atoms with Crippen LogP contribution < -0.4 is 0 Å². The van der Waals surface area contributed by atoms with Crippen LogP contribution in [0.3, 0.4) is 0 Å². The second kappa shape index (κ2) is 42.2. The van der Waals surface area contributed by atoms with Crippen LogP contribution in [0.15, 0.2) is 0 Å². The molecule has 0 aliphatic rings. The summed E-state index contributed by atoms with van der Waals surface area (Å²) in [6.45, 7) is 6.60. The molecule has 52 heavy (non-hydrogen) atoms.